The van der Waals surface area contributed by atoms with Gasteiger partial charge in [0, 0.05) is 29.6 Å². The van der Waals surface area contributed by atoms with Crippen LogP contribution < -0.4 is 10.6 Å². The number of benzene rings is 1. The van der Waals surface area contributed by atoms with Crippen molar-refractivity contribution >= 4 is 40.3 Å². The van der Waals surface area contributed by atoms with E-state index in [9.17, 15) is 14.4 Å². The van der Waals surface area contributed by atoms with Crippen LogP contribution in [0.5, 0.6) is 0 Å². The van der Waals surface area contributed by atoms with Crippen LogP contribution in [-0.4, -0.2) is 17.6 Å². The van der Waals surface area contributed by atoms with Crippen LogP contribution in [0.25, 0.3) is 0 Å². The molecule has 3 rings (SSSR count). The Balaban J connectivity index is 1.62. The SMILES string of the molecule is C[C@@H]1C[C@H](C(=O)Nc2cccc(NC(=O)c3cccs3)c2)CCC1=O. The topological polar surface area (TPSA) is 75.3 Å². The van der Waals surface area contributed by atoms with Gasteiger partial charge in [-0.15, -0.1) is 11.3 Å². The highest BCUT2D eigenvalue weighted by molar-refractivity contribution is 7.12. The Bertz CT molecular complexity index is 786. The molecule has 1 aliphatic carbocycles. The summed E-state index contributed by atoms with van der Waals surface area (Å²) in [7, 11) is 0. The zero-order chi connectivity index (χ0) is 17.8. The molecule has 1 aromatic carbocycles. The van der Waals surface area contributed by atoms with Gasteiger partial charge in [0.05, 0.1) is 4.88 Å². The molecule has 0 saturated heterocycles. The van der Waals surface area contributed by atoms with Crippen LogP contribution in [0.2, 0.25) is 0 Å². The summed E-state index contributed by atoms with van der Waals surface area (Å²) in [6.07, 6.45) is 1.67. The maximum Gasteiger partial charge on any atom is 0.265 e. The molecule has 130 valence electrons. The van der Waals surface area contributed by atoms with Crippen LogP contribution in [0.15, 0.2) is 41.8 Å². The zero-order valence-corrected chi connectivity index (χ0v) is 14.8. The molecule has 25 heavy (non-hydrogen) atoms. The highest BCUT2D eigenvalue weighted by Gasteiger charge is 2.29. The van der Waals surface area contributed by atoms with E-state index in [1.807, 2.05) is 18.4 Å². The third-order valence-corrected chi connectivity index (χ3v) is 5.30. The smallest absolute Gasteiger partial charge is 0.265 e. The number of rotatable bonds is 4. The average molecular weight is 356 g/mol. The lowest BCUT2D eigenvalue weighted by atomic mass is 9.81. The molecule has 0 radical (unpaired) electrons. The van der Waals surface area contributed by atoms with Crippen LogP contribution in [0.1, 0.15) is 35.9 Å². The Morgan fingerprint density at radius 3 is 2.56 bits per heavy atom. The number of ketones is 1. The second-order valence-corrected chi connectivity index (χ2v) is 7.29. The molecule has 1 fully saturated rings. The maximum absolute atomic E-state index is 12.4. The zero-order valence-electron chi connectivity index (χ0n) is 14.0. The van der Waals surface area contributed by atoms with E-state index < -0.39 is 0 Å². The molecule has 0 bridgehead atoms. The first-order chi connectivity index (χ1) is 12.0. The Morgan fingerprint density at radius 1 is 1.12 bits per heavy atom. The minimum Gasteiger partial charge on any atom is -0.326 e. The van der Waals surface area contributed by atoms with Gasteiger partial charge in [0.2, 0.25) is 5.91 Å². The minimum atomic E-state index is -0.168. The molecule has 5 nitrogen and oxygen atoms in total. The lowest BCUT2D eigenvalue weighted by Crippen LogP contribution is -2.31. The summed E-state index contributed by atoms with van der Waals surface area (Å²) >= 11 is 1.37. The number of amides is 2. The molecular formula is C19H20N2O3S. The quantitative estimate of drug-likeness (QED) is 0.871. The average Bonchev–Trinajstić information content (AvgIpc) is 3.12. The Hall–Kier alpha value is -2.47. The third-order valence-electron chi connectivity index (χ3n) is 4.43. The first-order valence-corrected chi connectivity index (χ1v) is 9.19. The van der Waals surface area contributed by atoms with Crippen molar-refractivity contribution in [3.63, 3.8) is 0 Å². The Kier molecular flexibility index (Phi) is 5.28. The van der Waals surface area contributed by atoms with Crippen molar-refractivity contribution in [2.24, 2.45) is 11.8 Å². The molecule has 6 heteroatoms. The summed E-state index contributed by atoms with van der Waals surface area (Å²) in [5.74, 6) is -0.195. The van der Waals surface area contributed by atoms with Gasteiger partial charge in [0.1, 0.15) is 5.78 Å². The highest BCUT2D eigenvalue weighted by atomic mass is 32.1. The van der Waals surface area contributed by atoms with Crippen molar-refractivity contribution in [1.82, 2.24) is 0 Å². The van der Waals surface area contributed by atoms with Crippen LogP contribution in [0, 0.1) is 11.8 Å². The fourth-order valence-corrected chi connectivity index (χ4v) is 3.62. The van der Waals surface area contributed by atoms with E-state index in [0.29, 0.717) is 35.5 Å². The molecule has 2 N–H and O–H groups in total. The van der Waals surface area contributed by atoms with Crippen LogP contribution in [-0.2, 0) is 9.59 Å². The summed E-state index contributed by atoms with van der Waals surface area (Å²) in [6.45, 7) is 1.88. The molecule has 1 heterocycles. The monoisotopic (exact) mass is 356 g/mol. The number of hydrogen-bond acceptors (Lipinski definition) is 4. The van der Waals surface area contributed by atoms with Crippen LogP contribution in [0.4, 0.5) is 11.4 Å². The second kappa shape index (κ2) is 7.61. The van der Waals surface area contributed by atoms with Crippen molar-refractivity contribution in [3.05, 3.63) is 46.7 Å². The summed E-state index contributed by atoms with van der Waals surface area (Å²) in [4.78, 5) is 36.8. The molecule has 1 aromatic heterocycles. The van der Waals surface area contributed by atoms with Gasteiger partial charge in [0.15, 0.2) is 0 Å². The molecule has 0 unspecified atom stereocenters. The molecule has 1 saturated carbocycles. The van der Waals surface area contributed by atoms with E-state index >= 15 is 0 Å². The highest BCUT2D eigenvalue weighted by Crippen LogP contribution is 2.27. The van der Waals surface area contributed by atoms with E-state index in [2.05, 4.69) is 10.6 Å². The normalized spacial score (nSPS) is 20.1. The van der Waals surface area contributed by atoms with Gasteiger partial charge >= 0.3 is 0 Å². The molecule has 0 aliphatic heterocycles. The predicted molar refractivity (Wildman–Crippen MR) is 98.9 cm³/mol. The number of carbonyl (C=O) groups is 3. The van der Waals surface area contributed by atoms with E-state index in [-0.39, 0.29) is 29.4 Å². The molecule has 2 aromatic rings. The summed E-state index contributed by atoms with van der Waals surface area (Å²) in [5, 5.41) is 7.57. The molecule has 2 amide bonds. The van der Waals surface area contributed by atoms with E-state index in [4.69, 9.17) is 0 Å². The lowest BCUT2D eigenvalue weighted by Gasteiger charge is -2.24. The molecular weight excluding hydrogens is 336 g/mol. The Morgan fingerprint density at radius 2 is 1.88 bits per heavy atom. The van der Waals surface area contributed by atoms with Crippen molar-refractivity contribution in [2.75, 3.05) is 10.6 Å². The predicted octanol–water partition coefficient (Wildman–Crippen LogP) is 3.94. The number of carbonyl (C=O) groups excluding carboxylic acids is 3. The van der Waals surface area contributed by atoms with Crippen molar-refractivity contribution in [3.8, 4) is 0 Å². The van der Waals surface area contributed by atoms with Crippen LogP contribution >= 0.6 is 11.3 Å². The number of thiophene rings is 1. The summed E-state index contributed by atoms with van der Waals surface area (Å²) < 4.78 is 0. The van der Waals surface area contributed by atoms with Gasteiger partial charge in [-0.1, -0.05) is 19.1 Å². The number of Topliss-reactive ketones (excluding diaryl/α,β-unsaturated/α-hetero) is 1. The maximum atomic E-state index is 12.4. The minimum absolute atomic E-state index is 0.0547. The van der Waals surface area contributed by atoms with Gasteiger partial charge in [-0.05, 0) is 42.5 Å². The number of nitrogens with one attached hydrogen (secondary N) is 2. The largest absolute Gasteiger partial charge is 0.326 e. The van der Waals surface area contributed by atoms with E-state index in [0.717, 1.165) is 0 Å². The van der Waals surface area contributed by atoms with Gasteiger partial charge < -0.3 is 10.6 Å². The molecule has 0 spiro atoms. The third kappa shape index (κ3) is 4.33. The first kappa shape index (κ1) is 17.4. The van der Waals surface area contributed by atoms with E-state index in [1.54, 1.807) is 30.3 Å². The molecule has 1 aliphatic rings. The van der Waals surface area contributed by atoms with Gasteiger partial charge in [-0.25, -0.2) is 0 Å². The van der Waals surface area contributed by atoms with E-state index in [1.165, 1.54) is 11.3 Å². The Labute approximate surface area is 150 Å². The first-order valence-electron chi connectivity index (χ1n) is 8.31. The van der Waals surface area contributed by atoms with Crippen LogP contribution in [0.3, 0.4) is 0 Å². The number of anilines is 2. The van der Waals surface area contributed by atoms with Gasteiger partial charge in [-0.3, -0.25) is 14.4 Å². The van der Waals surface area contributed by atoms with Crippen molar-refractivity contribution < 1.29 is 14.4 Å². The molecule has 2 atom stereocenters. The standard InChI is InChI=1S/C19H20N2O3S/c1-12-10-13(7-8-16(12)22)18(23)20-14-4-2-5-15(11-14)21-19(24)17-6-3-9-25-17/h2-6,9,11-13H,7-8,10H2,1H3,(H,20,23)(H,21,24)/t12-,13-/m1/s1. The van der Waals surface area contributed by atoms with Crippen molar-refractivity contribution in [2.45, 2.75) is 26.2 Å². The fraction of sp³-hybridized carbons (Fsp3) is 0.316. The fourth-order valence-electron chi connectivity index (χ4n) is 3.00. The van der Waals surface area contributed by atoms with Crippen molar-refractivity contribution in [1.29, 1.82) is 0 Å². The second-order valence-electron chi connectivity index (χ2n) is 6.34. The summed E-state index contributed by atoms with van der Waals surface area (Å²) in [5.41, 5.74) is 1.27. The number of hydrogen-bond donors (Lipinski definition) is 2. The lowest BCUT2D eigenvalue weighted by molar-refractivity contribution is -0.128. The van der Waals surface area contributed by atoms with Gasteiger partial charge in [-0.2, -0.15) is 0 Å². The summed E-state index contributed by atoms with van der Waals surface area (Å²) in [6, 6.07) is 10.7. The van der Waals surface area contributed by atoms with Gasteiger partial charge in [0.25, 0.3) is 5.91 Å².